The average Bonchev–Trinajstić information content (AvgIpc) is 2.55. The van der Waals surface area contributed by atoms with E-state index in [9.17, 15) is 22.8 Å². The maximum absolute atomic E-state index is 12.8. The van der Waals surface area contributed by atoms with Crippen LogP contribution in [0.2, 0.25) is 0 Å². The molecule has 2 N–H and O–H groups in total. The van der Waals surface area contributed by atoms with Gasteiger partial charge in [-0.25, -0.2) is 9.78 Å². The number of aromatic nitrogens is 1. The van der Waals surface area contributed by atoms with Gasteiger partial charge in [-0.15, -0.1) is 0 Å². The lowest BCUT2D eigenvalue weighted by atomic mass is 9.44. The number of fused-ring (bicyclic) bond motifs is 1. The summed E-state index contributed by atoms with van der Waals surface area (Å²) >= 11 is 0. The number of hydrogen-bond donors (Lipinski definition) is 2. The molecule has 1 heterocycles. The average molecular weight is 421 g/mol. The van der Waals surface area contributed by atoms with Crippen LogP contribution in [0.25, 0.3) is 10.9 Å². The topological polar surface area (TPSA) is 80.3 Å². The summed E-state index contributed by atoms with van der Waals surface area (Å²) in [6.45, 7) is 5.37. The standard InChI is InChI=1S/C21H22F3N3O3/c1-18(2,3)30-17(29)27-20-9-19(10-20,11-20)26-16(28)15-6-4-12-8-13(21(22,23)24)5-7-14(12)25-15/h4-8H,9-11H2,1-3H3,(H,26,28)(H,27,29). The summed E-state index contributed by atoms with van der Waals surface area (Å²) in [7, 11) is 0. The molecule has 3 aliphatic rings. The smallest absolute Gasteiger partial charge is 0.416 e. The van der Waals surface area contributed by atoms with Crippen LogP contribution in [-0.2, 0) is 10.9 Å². The van der Waals surface area contributed by atoms with E-state index in [2.05, 4.69) is 15.6 Å². The molecule has 0 radical (unpaired) electrons. The van der Waals surface area contributed by atoms with Gasteiger partial charge in [0.25, 0.3) is 5.91 Å². The van der Waals surface area contributed by atoms with Crippen molar-refractivity contribution in [2.45, 2.75) is 62.9 Å². The predicted molar refractivity (Wildman–Crippen MR) is 103 cm³/mol. The molecule has 5 rings (SSSR count). The fourth-order valence-electron chi connectivity index (χ4n) is 4.31. The number of carbonyl (C=O) groups excluding carboxylic acids is 2. The van der Waals surface area contributed by atoms with Crippen LogP contribution in [-0.4, -0.2) is 33.7 Å². The summed E-state index contributed by atoms with van der Waals surface area (Å²) in [5.74, 6) is -0.387. The highest BCUT2D eigenvalue weighted by Crippen LogP contribution is 2.60. The molecule has 0 saturated heterocycles. The highest BCUT2D eigenvalue weighted by atomic mass is 19.4. The molecule has 3 fully saturated rings. The first kappa shape index (κ1) is 20.4. The van der Waals surface area contributed by atoms with Crippen molar-refractivity contribution in [3.05, 3.63) is 41.6 Å². The van der Waals surface area contributed by atoms with Crippen molar-refractivity contribution < 1.29 is 27.5 Å². The summed E-state index contributed by atoms with van der Waals surface area (Å²) in [5, 5.41) is 6.14. The molecule has 1 aromatic carbocycles. The summed E-state index contributed by atoms with van der Waals surface area (Å²) in [6, 6.07) is 6.09. The number of rotatable bonds is 3. The fraction of sp³-hybridized carbons (Fsp3) is 0.476. The molecule has 0 aliphatic heterocycles. The number of alkyl halides is 3. The van der Waals surface area contributed by atoms with Gasteiger partial charge in [0.1, 0.15) is 11.3 Å². The largest absolute Gasteiger partial charge is 0.444 e. The number of amides is 2. The van der Waals surface area contributed by atoms with Gasteiger partial charge in [-0.3, -0.25) is 4.79 Å². The van der Waals surface area contributed by atoms with Crippen LogP contribution in [0.15, 0.2) is 30.3 Å². The second kappa shape index (κ2) is 6.33. The van der Waals surface area contributed by atoms with Crippen molar-refractivity contribution in [1.29, 1.82) is 0 Å². The van der Waals surface area contributed by atoms with E-state index in [4.69, 9.17) is 4.74 Å². The highest BCUT2D eigenvalue weighted by Gasteiger charge is 2.69. The Balaban J connectivity index is 1.38. The molecule has 3 aliphatic carbocycles. The number of ether oxygens (including phenoxy) is 1. The van der Waals surface area contributed by atoms with Crippen molar-refractivity contribution >= 4 is 22.9 Å². The SMILES string of the molecule is CC(C)(C)OC(=O)NC12CC(NC(=O)c3ccc4cc(C(F)(F)F)ccc4n3)(C1)C2. The molecule has 30 heavy (non-hydrogen) atoms. The van der Waals surface area contributed by atoms with Crippen LogP contribution in [0.5, 0.6) is 0 Å². The van der Waals surface area contributed by atoms with E-state index < -0.39 is 23.4 Å². The Hall–Kier alpha value is -2.84. The highest BCUT2D eigenvalue weighted by molar-refractivity contribution is 5.95. The Kier molecular flexibility index (Phi) is 4.31. The first-order valence-electron chi connectivity index (χ1n) is 9.60. The maximum Gasteiger partial charge on any atom is 0.416 e. The second-order valence-corrected chi connectivity index (χ2v) is 9.27. The first-order chi connectivity index (χ1) is 13.8. The van der Waals surface area contributed by atoms with Crippen molar-refractivity contribution in [3.8, 4) is 0 Å². The molecule has 0 atom stereocenters. The molecule has 0 unspecified atom stereocenters. The minimum atomic E-state index is -4.43. The number of pyridine rings is 1. The minimum absolute atomic E-state index is 0.140. The van der Waals surface area contributed by atoms with Gasteiger partial charge in [-0.05, 0) is 64.3 Å². The van der Waals surface area contributed by atoms with E-state index in [1.165, 1.54) is 18.2 Å². The number of hydrogen-bond acceptors (Lipinski definition) is 4. The molecule has 0 spiro atoms. The third-order valence-corrected chi connectivity index (χ3v) is 5.42. The number of benzene rings is 1. The third-order valence-electron chi connectivity index (χ3n) is 5.42. The molecule has 2 aromatic rings. The third kappa shape index (κ3) is 3.80. The number of nitrogens with zero attached hydrogens (tertiary/aromatic N) is 1. The maximum atomic E-state index is 12.8. The molecule has 1 aromatic heterocycles. The molecule has 6 nitrogen and oxygen atoms in total. The molecule has 2 bridgehead atoms. The van der Waals surface area contributed by atoms with E-state index in [1.54, 1.807) is 20.8 Å². The number of halogens is 3. The number of nitrogens with one attached hydrogen (secondary N) is 2. The van der Waals surface area contributed by atoms with E-state index in [-0.39, 0.29) is 22.7 Å². The zero-order valence-electron chi connectivity index (χ0n) is 16.8. The van der Waals surface area contributed by atoms with Crippen LogP contribution in [0.1, 0.15) is 56.1 Å². The molecule has 160 valence electrons. The Bertz CT molecular complexity index is 1020. The summed E-state index contributed by atoms with van der Waals surface area (Å²) in [6.07, 6.45) is -3.09. The lowest BCUT2D eigenvalue weighted by Gasteiger charge is -2.70. The van der Waals surface area contributed by atoms with Gasteiger partial charge in [0, 0.05) is 10.9 Å². The quantitative estimate of drug-likeness (QED) is 0.779. The summed E-state index contributed by atoms with van der Waals surface area (Å²) in [5.41, 5.74) is -1.62. The summed E-state index contributed by atoms with van der Waals surface area (Å²) < 4.78 is 43.8. The van der Waals surface area contributed by atoms with Crippen LogP contribution in [0, 0.1) is 0 Å². The summed E-state index contributed by atoms with van der Waals surface area (Å²) in [4.78, 5) is 28.7. The van der Waals surface area contributed by atoms with Crippen molar-refractivity contribution in [3.63, 3.8) is 0 Å². The molecule has 9 heteroatoms. The Labute approximate surface area is 171 Å². The second-order valence-electron chi connectivity index (χ2n) is 9.27. The first-order valence-corrected chi connectivity index (χ1v) is 9.60. The Morgan fingerprint density at radius 3 is 2.23 bits per heavy atom. The Morgan fingerprint density at radius 1 is 1.00 bits per heavy atom. The molecule has 2 amide bonds. The molecular formula is C21H22F3N3O3. The Morgan fingerprint density at radius 2 is 1.63 bits per heavy atom. The number of alkyl carbamates (subject to hydrolysis) is 1. The zero-order chi connectivity index (χ0) is 21.9. The molecular weight excluding hydrogens is 399 g/mol. The van der Waals surface area contributed by atoms with Crippen molar-refractivity contribution in [2.24, 2.45) is 0 Å². The van der Waals surface area contributed by atoms with E-state index in [0.717, 1.165) is 12.1 Å². The van der Waals surface area contributed by atoms with Crippen LogP contribution >= 0.6 is 0 Å². The lowest BCUT2D eigenvalue weighted by Crippen LogP contribution is -2.83. The van der Waals surface area contributed by atoms with Gasteiger partial charge in [0.2, 0.25) is 0 Å². The van der Waals surface area contributed by atoms with Crippen molar-refractivity contribution in [2.75, 3.05) is 0 Å². The van der Waals surface area contributed by atoms with Gasteiger partial charge < -0.3 is 15.4 Å². The predicted octanol–water partition coefficient (Wildman–Crippen LogP) is 4.18. The van der Waals surface area contributed by atoms with Crippen LogP contribution in [0.4, 0.5) is 18.0 Å². The fourth-order valence-corrected chi connectivity index (χ4v) is 4.31. The van der Waals surface area contributed by atoms with Gasteiger partial charge in [-0.1, -0.05) is 6.07 Å². The van der Waals surface area contributed by atoms with Crippen molar-refractivity contribution in [1.82, 2.24) is 15.6 Å². The monoisotopic (exact) mass is 421 g/mol. The lowest BCUT2D eigenvalue weighted by molar-refractivity contribution is -0.137. The van der Waals surface area contributed by atoms with Gasteiger partial charge in [-0.2, -0.15) is 13.2 Å². The van der Waals surface area contributed by atoms with Gasteiger partial charge in [0.05, 0.1) is 16.6 Å². The zero-order valence-corrected chi connectivity index (χ0v) is 16.8. The van der Waals surface area contributed by atoms with Crippen LogP contribution in [0.3, 0.4) is 0 Å². The van der Waals surface area contributed by atoms with Crippen LogP contribution < -0.4 is 10.6 Å². The normalized spacial score (nSPS) is 25.1. The molecule has 3 saturated carbocycles. The van der Waals surface area contributed by atoms with Gasteiger partial charge >= 0.3 is 12.3 Å². The van der Waals surface area contributed by atoms with E-state index in [0.29, 0.717) is 30.2 Å². The minimum Gasteiger partial charge on any atom is -0.444 e. The number of carbonyl (C=O) groups is 2. The van der Waals surface area contributed by atoms with Gasteiger partial charge in [0.15, 0.2) is 0 Å². The van der Waals surface area contributed by atoms with E-state index >= 15 is 0 Å². The van der Waals surface area contributed by atoms with E-state index in [1.807, 2.05) is 0 Å².